The van der Waals surface area contributed by atoms with Crippen molar-refractivity contribution >= 4 is 17.5 Å². The molecule has 4 nitrogen and oxygen atoms in total. The van der Waals surface area contributed by atoms with Gasteiger partial charge in [-0.2, -0.15) is 0 Å². The van der Waals surface area contributed by atoms with E-state index in [-0.39, 0.29) is 6.04 Å². The summed E-state index contributed by atoms with van der Waals surface area (Å²) in [5, 5.41) is 5.44. The van der Waals surface area contributed by atoms with Crippen LogP contribution in [-0.4, -0.2) is 17.9 Å². The van der Waals surface area contributed by atoms with Crippen LogP contribution in [0.5, 0.6) is 0 Å². The van der Waals surface area contributed by atoms with E-state index in [9.17, 15) is 9.59 Å². The Kier molecular flexibility index (Phi) is 4.77. The SMILES string of the molecule is Cc1ccc(NC(=O)C(=O)NC2CCC(C)CC2)cc1. The maximum Gasteiger partial charge on any atom is 0.313 e. The molecule has 0 unspecified atom stereocenters. The number of rotatable bonds is 2. The lowest BCUT2D eigenvalue weighted by Gasteiger charge is -2.26. The van der Waals surface area contributed by atoms with Crippen molar-refractivity contribution in [3.63, 3.8) is 0 Å². The first-order valence-electron chi connectivity index (χ1n) is 7.23. The Morgan fingerprint density at radius 1 is 1.00 bits per heavy atom. The fourth-order valence-corrected chi connectivity index (χ4v) is 2.48. The molecule has 0 spiro atoms. The van der Waals surface area contributed by atoms with Gasteiger partial charge in [0.2, 0.25) is 0 Å². The van der Waals surface area contributed by atoms with E-state index in [1.54, 1.807) is 12.1 Å². The molecule has 1 aromatic rings. The molecule has 1 saturated carbocycles. The number of hydrogen-bond acceptors (Lipinski definition) is 2. The molecule has 0 bridgehead atoms. The van der Waals surface area contributed by atoms with Gasteiger partial charge in [0.05, 0.1) is 0 Å². The highest BCUT2D eigenvalue weighted by atomic mass is 16.2. The largest absolute Gasteiger partial charge is 0.345 e. The maximum atomic E-state index is 11.8. The summed E-state index contributed by atoms with van der Waals surface area (Å²) in [4.78, 5) is 23.7. The van der Waals surface area contributed by atoms with Gasteiger partial charge >= 0.3 is 11.8 Å². The summed E-state index contributed by atoms with van der Waals surface area (Å²) in [6.45, 7) is 4.20. The van der Waals surface area contributed by atoms with Gasteiger partial charge < -0.3 is 10.6 Å². The number of aryl methyl sites for hydroxylation is 1. The lowest BCUT2D eigenvalue weighted by molar-refractivity contribution is -0.136. The molecular formula is C16H22N2O2. The van der Waals surface area contributed by atoms with Crippen LogP contribution in [0.15, 0.2) is 24.3 Å². The van der Waals surface area contributed by atoms with E-state index in [1.807, 2.05) is 19.1 Å². The third-order valence-electron chi connectivity index (χ3n) is 3.87. The fraction of sp³-hybridized carbons (Fsp3) is 0.500. The summed E-state index contributed by atoms with van der Waals surface area (Å²) < 4.78 is 0. The van der Waals surface area contributed by atoms with Crippen LogP contribution in [0.1, 0.15) is 38.2 Å². The smallest absolute Gasteiger partial charge is 0.313 e. The number of carbonyl (C=O) groups excluding carboxylic acids is 2. The van der Waals surface area contributed by atoms with Crippen LogP contribution in [0.2, 0.25) is 0 Å². The minimum atomic E-state index is -0.590. The number of nitrogens with one attached hydrogen (secondary N) is 2. The molecule has 20 heavy (non-hydrogen) atoms. The lowest BCUT2D eigenvalue weighted by Crippen LogP contribution is -2.43. The Bertz CT molecular complexity index is 474. The van der Waals surface area contributed by atoms with Gasteiger partial charge in [-0.25, -0.2) is 0 Å². The molecule has 1 aromatic carbocycles. The van der Waals surface area contributed by atoms with Crippen molar-refractivity contribution < 1.29 is 9.59 Å². The number of carbonyl (C=O) groups is 2. The van der Waals surface area contributed by atoms with E-state index in [1.165, 1.54) is 0 Å². The normalized spacial score (nSPS) is 22.1. The predicted octanol–water partition coefficient (Wildman–Crippen LogP) is 2.63. The highest BCUT2D eigenvalue weighted by Crippen LogP contribution is 2.23. The van der Waals surface area contributed by atoms with Crippen molar-refractivity contribution in [3.8, 4) is 0 Å². The minimum absolute atomic E-state index is 0.141. The second kappa shape index (κ2) is 6.55. The summed E-state index contributed by atoms with van der Waals surface area (Å²) >= 11 is 0. The average Bonchev–Trinajstić information content (AvgIpc) is 2.44. The van der Waals surface area contributed by atoms with Crippen molar-refractivity contribution in [2.24, 2.45) is 5.92 Å². The Morgan fingerprint density at radius 2 is 1.60 bits per heavy atom. The highest BCUT2D eigenvalue weighted by molar-refractivity contribution is 6.39. The summed E-state index contributed by atoms with van der Waals surface area (Å²) in [6.07, 6.45) is 4.16. The summed E-state index contributed by atoms with van der Waals surface area (Å²) in [5.41, 5.74) is 1.76. The molecule has 1 aliphatic carbocycles. The van der Waals surface area contributed by atoms with E-state index in [0.717, 1.165) is 37.2 Å². The topological polar surface area (TPSA) is 58.2 Å². The molecular weight excluding hydrogens is 252 g/mol. The third-order valence-corrected chi connectivity index (χ3v) is 3.87. The zero-order valence-electron chi connectivity index (χ0n) is 12.1. The van der Waals surface area contributed by atoms with E-state index in [0.29, 0.717) is 5.69 Å². The molecule has 0 atom stereocenters. The van der Waals surface area contributed by atoms with E-state index < -0.39 is 11.8 Å². The zero-order chi connectivity index (χ0) is 14.5. The van der Waals surface area contributed by atoms with Crippen molar-refractivity contribution in [2.75, 3.05) is 5.32 Å². The number of amides is 2. The second-order valence-corrected chi connectivity index (χ2v) is 5.75. The van der Waals surface area contributed by atoms with Crippen LogP contribution in [0.4, 0.5) is 5.69 Å². The molecule has 4 heteroatoms. The number of anilines is 1. The van der Waals surface area contributed by atoms with E-state index in [2.05, 4.69) is 17.6 Å². The number of benzene rings is 1. The molecule has 1 fully saturated rings. The predicted molar refractivity (Wildman–Crippen MR) is 79.4 cm³/mol. The first kappa shape index (κ1) is 14.6. The zero-order valence-corrected chi connectivity index (χ0v) is 12.1. The molecule has 108 valence electrons. The summed E-state index contributed by atoms with van der Waals surface area (Å²) in [6, 6.07) is 7.53. The molecule has 1 aliphatic rings. The molecule has 0 radical (unpaired) electrons. The molecule has 2 N–H and O–H groups in total. The Balaban J connectivity index is 1.83. The van der Waals surface area contributed by atoms with E-state index in [4.69, 9.17) is 0 Å². The van der Waals surface area contributed by atoms with Crippen LogP contribution in [0.25, 0.3) is 0 Å². The molecule has 0 saturated heterocycles. The van der Waals surface area contributed by atoms with Crippen LogP contribution in [-0.2, 0) is 9.59 Å². The minimum Gasteiger partial charge on any atom is -0.345 e. The second-order valence-electron chi connectivity index (χ2n) is 5.75. The van der Waals surface area contributed by atoms with Gasteiger partial charge in [0.1, 0.15) is 0 Å². The van der Waals surface area contributed by atoms with Crippen molar-refractivity contribution in [1.29, 1.82) is 0 Å². The standard InChI is InChI=1S/C16H22N2O2/c1-11-3-7-13(8-4-11)17-15(19)16(20)18-14-9-5-12(2)6-10-14/h3-4,7-8,12,14H,5-6,9-10H2,1-2H3,(H,17,19)(H,18,20). The molecule has 0 aromatic heterocycles. The summed E-state index contributed by atoms with van der Waals surface area (Å²) in [5.74, 6) is -0.401. The monoisotopic (exact) mass is 274 g/mol. The van der Waals surface area contributed by atoms with Crippen LogP contribution in [0.3, 0.4) is 0 Å². The van der Waals surface area contributed by atoms with Crippen LogP contribution >= 0.6 is 0 Å². The Morgan fingerprint density at radius 3 is 2.20 bits per heavy atom. The average molecular weight is 274 g/mol. The van der Waals surface area contributed by atoms with Gasteiger partial charge in [-0.1, -0.05) is 24.6 Å². The number of hydrogen-bond donors (Lipinski definition) is 2. The van der Waals surface area contributed by atoms with Crippen molar-refractivity contribution in [3.05, 3.63) is 29.8 Å². The van der Waals surface area contributed by atoms with Crippen molar-refractivity contribution in [2.45, 2.75) is 45.6 Å². The van der Waals surface area contributed by atoms with Gasteiger partial charge in [0.25, 0.3) is 0 Å². The Labute approximate surface area is 119 Å². The third kappa shape index (κ3) is 4.08. The maximum absolute atomic E-state index is 11.8. The van der Waals surface area contributed by atoms with Gasteiger partial charge in [0.15, 0.2) is 0 Å². The van der Waals surface area contributed by atoms with E-state index >= 15 is 0 Å². The van der Waals surface area contributed by atoms with Crippen LogP contribution in [0, 0.1) is 12.8 Å². The first-order valence-corrected chi connectivity index (χ1v) is 7.23. The molecule has 2 rings (SSSR count). The van der Waals surface area contributed by atoms with Gasteiger partial charge in [-0.3, -0.25) is 9.59 Å². The quantitative estimate of drug-likeness (QED) is 0.814. The fourth-order valence-electron chi connectivity index (χ4n) is 2.48. The van der Waals surface area contributed by atoms with Gasteiger partial charge in [-0.15, -0.1) is 0 Å². The Hall–Kier alpha value is -1.84. The highest BCUT2D eigenvalue weighted by Gasteiger charge is 2.22. The summed E-state index contributed by atoms with van der Waals surface area (Å²) in [7, 11) is 0. The van der Waals surface area contributed by atoms with Gasteiger partial charge in [0, 0.05) is 11.7 Å². The molecule has 2 amide bonds. The lowest BCUT2D eigenvalue weighted by atomic mass is 9.87. The van der Waals surface area contributed by atoms with Gasteiger partial charge in [-0.05, 0) is 50.7 Å². The van der Waals surface area contributed by atoms with Crippen molar-refractivity contribution in [1.82, 2.24) is 5.32 Å². The molecule has 0 aliphatic heterocycles. The van der Waals surface area contributed by atoms with Crippen LogP contribution < -0.4 is 10.6 Å². The molecule has 0 heterocycles. The first-order chi connectivity index (χ1) is 9.54.